The summed E-state index contributed by atoms with van der Waals surface area (Å²) in [6, 6.07) is 0.511. The Hall–Kier alpha value is 0.290. The molecule has 2 nitrogen and oxygen atoms in total. The molecule has 1 saturated heterocycles. The topological polar surface area (TPSA) is 24.9 Å². The summed E-state index contributed by atoms with van der Waals surface area (Å²) in [5.74, 6) is 2.56. The highest BCUT2D eigenvalue weighted by molar-refractivity contribution is 8.06. The maximum atomic E-state index is 5.10. The Labute approximate surface area is 141 Å². The standard InChI is InChI=1S/C16H26N2S3/c1-5-17-11-8-16(3,4)9-12-14(11)21-15(18-12)13-10(2)19-6-7-20-13/h10-11,13,17H,5-9H2,1-4H3. The van der Waals surface area contributed by atoms with Crippen LogP contribution in [0.2, 0.25) is 0 Å². The van der Waals surface area contributed by atoms with Gasteiger partial charge in [-0.25, -0.2) is 4.98 Å². The minimum atomic E-state index is 0.366. The second kappa shape index (κ2) is 6.42. The molecule has 21 heavy (non-hydrogen) atoms. The highest BCUT2D eigenvalue weighted by Gasteiger charge is 2.36. The number of hydrogen-bond donors (Lipinski definition) is 1. The largest absolute Gasteiger partial charge is 0.309 e. The third-order valence-electron chi connectivity index (χ3n) is 4.35. The van der Waals surface area contributed by atoms with Gasteiger partial charge in [-0.1, -0.05) is 27.7 Å². The van der Waals surface area contributed by atoms with Crippen LogP contribution in [-0.2, 0) is 6.42 Å². The molecular weight excluding hydrogens is 316 g/mol. The van der Waals surface area contributed by atoms with Crippen LogP contribution < -0.4 is 5.32 Å². The predicted molar refractivity (Wildman–Crippen MR) is 97.8 cm³/mol. The average molecular weight is 343 g/mol. The Bertz CT molecular complexity index is 498. The number of nitrogens with zero attached hydrogens (tertiary/aromatic N) is 1. The second-order valence-electron chi connectivity index (χ2n) is 6.89. The molecule has 0 radical (unpaired) electrons. The minimum Gasteiger partial charge on any atom is -0.309 e. The number of thioether (sulfide) groups is 2. The first kappa shape index (κ1) is 16.2. The molecule has 5 heteroatoms. The Balaban J connectivity index is 1.90. The van der Waals surface area contributed by atoms with Gasteiger partial charge >= 0.3 is 0 Å². The summed E-state index contributed by atoms with van der Waals surface area (Å²) < 4.78 is 0. The maximum Gasteiger partial charge on any atom is 0.107 e. The molecule has 3 unspecified atom stereocenters. The van der Waals surface area contributed by atoms with Crippen LogP contribution in [0.25, 0.3) is 0 Å². The van der Waals surface area contributed by atoms with Crippen LogP contribution >= 0.6 is 34.9 Å². The van der Waals surface area contributed by atoms with Crippen molar-refractivity contribution in [3.8, 4) is 0 Å². The molecule has 2 aliphatic rings. The van der Waals surface area contributed by atoms with E-state index in [2.05, 4.69) is 56.5 Å². The van der Waals surface area contributed by atoms with E-state index in [1.54, 1.807) is 0 Å². The summed E-state index contributed by atoms with van der Waals surface area (Å²) in [5, 5.41) is 6.36. The first-order valence-corrected chi connectivity index (χ1v) is 10.9. The fourth-order valence-corrected chi connectivity index (χ4v) is 7.71. The molecular formula is C16H26N2S3. The van der Waals surface area contributed by atoms with Gasteiger partial charge in [0.15, 0.2) is 0 Å². The zero-order valence-corrected chi connectivity index (χ0v) is 15.9. The van der Waals surface area contributed by atoms with Gasteiger partial charge in [-0.2, -0.15) is 11.8 Å². The van der Waals surface area contributed by atoms with E-state index in [0.29, 0.717) is 22.0 Å². The molecule has 3 rings (SSSR count). The zero-order chi connectivity index (χ0) is 15.0. The lowest BCUT2D eigenvalue weighted by Crippen LogP contribution is -2.32. The van der Waals surface area contributed by atoms with Crippen LogP contribution in [0, 0.1) is 5.41 Å². The third kappa shape index (κ3) is 3.46. The molecule has 3 atom stereocenters. The summed E-state index contributed by atoms with van der Waals surface area (Å²) in [6.45, 7) is 10.4. The monoisotopic (exact) mass is 342 g/mol. The van der Waals surface area contributed by atoms with Crippen LogP contribution in [0.4, 0.5) is 0 Å². The lowest BCUT2D eigenvalue weighted by Gasteiger charge is -2.34. The number of hydrogen-bond acceptors (Lipinski definition) is 5. The molecule has 1 aliphatic carbocycles. The average Bonchev–Trinajstić information content (AvgIpc) is 2.81. The highest BCUT2D eigenvalue weighted by Crippen LogP contribution is 2.48. The molecule has 0 amide bonds. The van der Waals surface area contributed by atoms with Gasteiger partial charge in [0.05, 0.1) is 10.9 Å². The van der Waals surface area contributed by atoms with Crippen molar-refractivity contribution in [3.63, 3.8) is 0 Å². The van der Waals surface area contributed by atoms with E-state index in [1.807, 2.05) is 11.3 Å². The van der Waals surface area contributed by atoms with Crippen LogP contribution in [0.3, 0.4) is 0 Å². The number of nitrogens with one attached hydrogen (secondary N) is 1. The lowest BCUT2D eigenvalue weighted by atomic mass is 9.76. The third-order valence-corrected chi connectivity index (χ3v) is 8.89. The van der Waals surface area contributed by atoms with Crippen LogP contribution in [-0.4, -0.2) is 28.3 Å². The number of fused-ring (bicyclic) bond motifs is 1. The molecule has 1 N–H and O–H groups in total. The molecule has 2 heterocycles. The van der Waals surface area contributed by atoms with Crippen molar-refractivity contribution >= 4 is 34.9 Å². The van der Waals surface area contributed by atoms with Crippen molar-refractivity contribution in [1.29, 1.82) is 0 Å². The smallest absolute Gasteiger partial charge is 0.107 e. The number of thiazole rings is 1. The van der Waals surface area contributed by atoms with Crippen molar-refractivity contribution < 1.29 is 0 Å². The van der Waals surface area contributed by atoms with Gasteiger partial charge in [0.25, 0.3) is 0 Å². The van der Waals surface area contributed by atoms with Crippen molar-refractivity contribution in [2.75, 3.05) is 18.1 Å². The van der Waals surface area contributed by atoms with E-state index < -0.39 is 0 Å². The normalized spacial score (nSPS) is 31.9. The number of rotatable bonds is 3. The van der Waals surface area contributed by atoms with Gasteiger partial charge in [-0.05, 0) is 24.8 Å². The van der Waals surface area contributed by atoms with Crippen LogP contribution in [0.5, 0.6) is 0 Å². The lowest BCUT2D eigenvalue weighted by molar-refractivity contribution is 0.260. The van der Waals surface area contributed by atoms with Gasteiger partial charge in [0.2, 0.25) is 0 Å². The Morgan fingerprint density at radius 3 is 2.76 bits per heavy atom. The fraction of sp³-hybridized carbons (Fsp3) is 0.812. The van der Waals surface area contributed by atoms with Crippen molar-refractivity contribution in [3.05, 3.63) is 15.6 Å². The Morgan fingerprint density at radius 1 is 1.29 bits per heavy atom. The zero-order valence-electron chi connectivity index (χ0n) is 13.4. The van der Waals surface area contributed by atoms with Gasteiger partial charge in [0, 0.05) is 27.7 Å². The number of aromatic nitrogens is 1. The van der Waals surface area contributed by atoms with Crippen LogP contribution in [0.15, 0.2) is 0 Å². The van der Waals surface area contributed by atoms with Gasteiger partial charge < -0.3 is 5.32 Å². The molecule has 118 valence electrons. The Kier molecular flexibility index (Phi) is 4.94. The highest BCUT2D eigenvalue weighted by atomic mass is 32.2. The molecule has 0 bridgehead atoms. The molecule has 1 fully saturated rings. The summed E-state index contributed by atoms with van der Waals surface area (Å²) in [5.41, 5.74) is 1.74. The van der Waals surface area contributed by atoms with E-state index in [1.165, 1.54) is 33.5 Å². The van der Waals surface area contributed by atoms with Crippen molar-refractivity contribution in [2.45, 2.75) is 57.1 Å². The molecule has 0 aromatic carbocycles. The van der Waals surface area contributed by atoms with Gasteiger partial charge in [-0.15, -0.1) is 23.1 Å². The van der Waals surface area contributed by atoms with Crippen LogP contribution in [0.1, 0.15) is 61.0 Å². The maximum absolute atomic E-state index is 5.10. The predicted octanol–water partition coefficient (Wildman–Crippen LogP) is 4.68. The first-order chi connectivity index (χ1) is 10.00. The molecule has 1 aromatic rings. The van der Waals surface area contributed by atoms with E-state index in [4.69, 9.17) is 4.98 Å². The van der Waals surface area contributed by atoms with E-state index in [9.17, 15) is 0 Å². The summed E-state index contributed by atoms with van der Waals surface area (Å²) in [4.78, 5) is 6.62. The minimum absolute atomic E-state index is 0.366. The van der Waals surface area contributed by atoms with Crippen molar-refractivity contribution in [1.82, 2.24) is 10.3 Å². The molecule has 0 saturated carbocycles. The van der Waals surface area contributed by atoms with Gasteiger partial charge in [0.1, 0.15) is 5.01 Å². The summed E-state index contributed by atoms with van der Waals surface area (Å²) in [7, 11) is 0. The summed E-state index contributed by atoms with van der Waals surface area (Å²) >= 11 is 6.20. The van der Waals surface area contributed by atoms with Gasteiger partial charge in [-0.3, -0.25) is 0 Å². The first-order valence-electron chi connectivity index (χ1n) is 7.96. The SMILES string of the molecule is CCNC1CC(C)(C)Cc2nc(C3SCCSC3C)sc21. The Morgan fingerprint density at radius 2 is 2.05 bits per heavy atom. The van der Waals surface area contributed by atoms with E-state index >= 15 is 0 Å². The summed E-state index contributed by atoms with van der Waals surface area (Å²) in [6.07, 6.45) is 2.37. The van der Waals surface area contributed by atoms with E-state index in [0.717, 1.165) is 13.0 Å². The fourth-order valence-electron chi connectivity index (χ4n) is 3.39. The molecule has 1 aliphatic heterocycles. The second-order valence-corrected chi connectivity index (χ2v) is 10.7. The quantitative estimate of drug-likeness (QED) is 0.862. The molecule has 0 spiro atoms. The molecule has 1 aromatic heterocycles. The van der Waals surface area contributed by atoms with E-state index in [-0.39, 0.29) is 0 Å². The van der Waals surface area contributed by atoms with Crippen molar-refractivity contribution in [2.24, 2.45) is 5.41 Å².